The maximum atomic E-state index is 11.2. The molecule has 0 atom stereocenters. The number of rotatable bonds is 6. The molecule has 0 unspecified atom stereocenters. The largest absolute Gasteiger partial charge is 0.416 e. The first kappa shape index (κ1) is 16.7. The van der Waals surface area contributed by atoms with E-state index in [2.05, 4.69) is 54.8 Å². The molecule has 1 aromatic rings. The van der Waals surface area contributed by atoms with Crippen LogP contribution >= 0.6 is 0 Å². The van der Waals surface area contributed by atoms with Crippen LogP contribution in [-0.2, 0) is 22.2 Å². The summed E-state index contributed by atoms with van der Waals surface area (Å²) in [6.07, 6.45) is 0.567. The zero-order valence-corrected chi connectivity index (χ0v) is 13.8. The van der Waals surface area contributed by atoms with Crippen LogP contribution in [0.3, 0.4) is 0 Å². The molecule has 0 saturated carbocycles. The van der Waals surface area contributed by atoms with Gasteiger partial charge in [0.15, 0.2) is 14.1 Å². The van der Waals surface area contributed by atoms with Gasteiger partial charge in [-0.2, -0.15) is 0 Å². The average Bonchev–Trinajstić information content (AvgIpc) is 2.75. The summed E-state index contributed by atoms with van der Waals surface area (Å²) >= 11 is 0. The summed E-state index contributed by atoms with van der Waals surface area (Å²) in [4.78, 5) is 11.2. The van der Waals surface area contributed by atoms with Crippen LogP contribution in [0, 0.1) is 0 Å². The van der Waals surface area contributed by atoms with Crippen LogP contribution in [0.2, 0.25) is 18.1 Å². The lowest BCUT2D eigenvalue weighted by atomic mass is 10.2. The fourth-order valence-electron chi connectivity index (χ4n) is 1.32. The summed E-state index contributed by atoms with van der Waals surface area (Å²) in [6.45, 7) is 11.5. The Bertz CT molecular complexity index is 454. The van der Waals surface area contributed by atoms with Gasteiger partial charge in [-0.25, -0.2) is 10.5 Å². The Morgan fingerprint density at radius 2 is 2.10 bits per heavy atom. The van der Waals surface area contributed by atoms with Crippen molar-refractivity contribution in [2.24, 2.45) is 5.84 Å². The van der Waals surface area contributed by atoms with Crippen LogP contribution in [0.25, 0.3) is 0 Å². The molecule has 1 amide bonds. The first-order valence-corrected chi connectivity index (χ1v) is 9.46. The molecule has 0 spiro atoms. The molecule has 1 aromatic heterocycles. The number of nitrogens with one attached hydrogen (secondary N) is 1. The number of aromatic nitrogens is 4. The highest BCUT2D eigenvalue weighted by Gasteiger charge is 2.36. The summed E-state index contributed by atoms with van der Waals surface area (Å²) in [5.74, 6) is 5.32. The highest BCUT2D eigenvalue weighted by Crippen LogP contribution is 2.36. The zero-order chi connectivity index (χ0) is 15.4. The predicted molar refractivity (Wildman–Crippen MR) is 77.0 cm³/mol. The Labute approximate surface area is 120 Å². The molecule has 0 radical (unpaired) electrons. The summed E-state index contributed by atoms with van der Waals surface area (Å²) < 4.78 is 7.49. The highest BCUT2D eigenvalue weighted by atomic mass is 28.4. The predicted octanol–water partition coefficient (Wildman–Crippen LogP) is 0.227. The van der Waals surface area contributed by atoms with Crippen molar-refractivity contribution in [3.05, 3.63) is 5.82 Å². The molecular formula is C11H24N6O2Si. The SMILES string of the molecule is CC(C)(C)[Si](C)(C)OCCc1nnnn1CC(=O)NN. The average molecular weight is 300 g/mol. The van der Waals surface area contributed by atoms with Crippen molar-refractivity contribution in [3.63, 3.8) is 0 Å². The van der Waals surface area contributed by atoms with Crippen molar-refractivity contribution in [1.82, 2.24) is 25.6 Å². The Hall–Kier alpha value is -1.32. The van der Waals surface area contributed by atoms with Gasteiger partial charge in [0.2, 0.25) is 0 Å². The van der Waals surface area contributed by atoms with E-state index in [1.807, 2.05) is 0 Å². The van der Waals surface area contributed by atoms with E-state index in [-0.39, 0.29) is 17.5 Å². The summed E-state index contributed by atoms with van der Waals surface area (Å²) in [5.41, 5.74) is 2.05. The Balaban J connectivity index is 2.55. The molecule has 0 aromatic carbocycles. The van der Waals surface area contributed by atoms with Gasteiger partial charge >= 0.3 is 0 Å². The molecule has 3 N–H and O–H groups in total. The lowest BCUT2D eigenvalue weighted by Gasteiger charge is -2.36. The normalized spacial score (nSPS) is 12.5. The van der Waals surface area contributed by atoms with Gasteiger partial charge in [0.05, 0.1) is 0 Å². The van der Waals surface area contributed by atoms with Crippen molar-refractivity contribution in [2.45, 2.75) is 51.9 Å². The van der Waals surface area contributed by atoms with Gasteiger partial charge in [-0.3, -0.25) is 10.2 Å². The van der Waals surface area contributed by atoms with E-state index in [1.165, 1.54) is 4.68 Å². The molecule has 8 nitrogen and oxygen atoms in total. The molecule has 0 aliphatic carbocycles. The number of hydrazine groups is 1. The molecule has 20 heavy (non-hydrogen) atoms. The van der Waals surface area contributed by atoms with Gasteiger partial charge in [0.25, 0.3) is 5.91 Å². The number of hydrogen-bond donors (Lipinski definition) is 2. The number of hydrogen-bond acceptors (Lipinski definition) is 6. The smallest absolute Gasteiger partial charge is 0.255 e. The summed E-state index contributed by atoms with van der Waals surface area (Å²) in [7, 11) is -1.77. The number of carbonyl (C=O) groups is 1. The van der Waals surface area contributed by atoms with Crippen LogP contribution in [0.15, 0.2) is 0 Å². The van der Waals surface area contributed by atoms with E-state index in [4.69, 9.17) is 10.3 Å². The molecule has 1 rings (SSSR count). The van der Waals surface area contributed by atoms with Crippen molar-refractivity contribution in [2.75, 3.05) is 6.61 Å². The summed E-state index contributed by atoms with van der Waals surface area (Å²) in [5, 5.41) is 11.4. The van der Waals surface area contributed by atoms with Gasteiger partial charge in [-0.1, -0.05) is 20.8 Å². The molecule has 0 saturated heterocycles. The highest BCUT2D eigenvalue weighted by molar-refractivity contribution is 6.74. The quantitative estimate of drug-likeness (QED) is 0.337. The van der Waals surface area contributed by atoms with Gasteiger partial charge in [0.1, 0.15) is 6.54 Å². The minimum Gasteiger partial charge on any atom is -0.416 e. The summed E-state index contributed by atoms with van der Waals surface area (Å²) in [6, 6.07) is 0. The number of amides is 1. The number of carbonyl (C=O) groups excluding carboxylic acids is 1. The minimum absolute atomic E-state index is 0.0128. The topological polar surface area (TPSA) is 108 Å². The Morgan fingerprint density at radius 1 is 1.45 bits per heavy atom. The Kier molecular flexibility index (Phi) is 5.37. The third-order valence-corrected chi connectivity index (χ3v) is 8.19. The fourth-order valence-corrected chi connectivity index (χ4v) is 2.37. The second kappa shape index (κ2) is 6.42. The fraction of sp³-hybridized carbons (Fsp3) is 0.818. The monoisotopic (exact) mass is 300 g/mol. The van der Waals surface area contributed by atoms with Crippen LogP contribution in [0.4, 0.5) is 0 Å². The third kappa shape index (κ3) is 4.36. The zero-order valence-electron chi connectivity index (χ0n) is 12.8. The van der Waals surface area contributed by atoms with Gasteiger partial charge in [-0.15, -0.1) is 5.10 Å². The molecule has 114 valence electrons. The maximum absolute atomic E-state index is 11.2. The second-order valence-electron chi connectivity index (χ2n) is 6.18. The molecule has 0 aliphatic heterocycles. The molecule has 0 bridgehead atoms. The van der Waals surface area contributed by atoms with E-state index in [0.717, 1.165) is 0 Å². The third-order valence-electron chi connectivity index (χ3n) is 3.66. The van der Waals surface area contributed by atoms with Crippen molar-refractivity contribution < 1.29 is 9.22 Å². The first-order chi connectivity index (χ1) is 9.17. The van der Waals surface area contributed by atoms with Crippen LogP contribution in [-0.4, -0.2) is 41.0 Å². The van der Waals surface area contributed by atoms with E-state index < -0.39 is 8.32 Å². The van der Waals surface area contributed by atoms with E-state index in [0.29, 0.717) is 18.9 Å². The molecule has 9 heteroatoms. The van der Waals surface area contributed by atoms with Crippen LogP contribution < -0.4 is 11.3 Å². The van der Waals surface area contributed by atoms with Crippen molar-refractivity contribution >= 4 is 14.2 Å². The second-order valence-corrected chi connectivity index (χ2v) is 11.0. The van der Waals surface area contributed by atoms with Gasteiger partial charge < -0.3 is 4.43 Å². The number of nitrogens with two attached hydrogens (primary N) is 1. The van der Waals surface area contributed by atoms with Gasteiger partial charge in [-0.05, 0) is 28.6 Å². The molecule has 0 fully saturated rings. The molecular weight excluding hydrogens is 276 g/mol. The van der Waals surface area contributed by atoms with Crippen molar-refractivity contribution in [3.8, 4) is 0 Å². The minimum atomic E-state index is -1.77. The van der Waals surface area contributed by atoms with Crippen LogP contribution in [0.5, 0.6) is 0 Å². The lowest BCUT2D eigenvalue weighted by Crippen LogP contribution is -2.41. The van der Waals surface area contributed by atoms with E-state index in [9.17, 15) is 4.79 Å². The molecule has 0 aliphatic rings. The first-order valence-electron chi connectivity index (χ1n) is 6.56. The van der Waals surface area contributed by atoms with E-state index >= 15 is 0 Å². The number of nitrogens with zero attached hydrogens (tertiary/aromatic N) is 4. The number of tetrazole rings is 1. The Morgan fingerprint density at radius 3 is 2.65 bits per heavy atom. The van der Waals surface area contributed by atoms with Gasteiger partial charge in [0, 0.05) is 13.0 Å². The lowest BCUT2D eigenvalue weighted by molar-refractivity contribution is -0.122. The maximum Gasteiger partial charge on any atom is 0.255 e. The molecule has 1 heterocycles. The van der Waals surface area contributed by atoms with Crippen LogP contribution in [0.1, 0.15) is 26.6 Å². The van der Waals surface area contributed by atoms with Crippen molar-refractivity contribution in [1.29, 1.82) is 0 Å². The standard InChI is InChI=1S/C11H24N6O2Si/c1-11(2,3)20(4,5)19-7-6-9-14-15-16-17(9)8-10(18)13-12/h6-8,12H2,1-5H3,(H,13,18). The van der Waals surface area contributed by atoms with E-state index in [1.54, 1.807) is 0 Å².